The van der Waals surface area contributed by atoms with Crippen LogP contribution in [0.2, 0.25) is 0 Å². The van der Waals surface area contributed by atoms with Crippen molar-refractivity contribution in [3.8, 4) is 11.5 Å². The van der Waals surface area contributed by atoms with Crippen molar-refractivity contribution in [2.24, 2.45) is 0 Å². The maximum atomic E-state index is 5.29. The van der Waals surface area contributed by atoms with Gasteiger partial charge in [-0.2, -0.15) is 0 Å². The largest absolute Gasteiger partial charge is 0.493 e. The Morgan fingerprint density at radius 2 is 1.32 bits per heavy atom. The number of benzene rings is 2. The Hall–Kier alpha value is -2.22. The van der Waals surface area contributed by atoms with Gasteiger partial charge in [0.1, 0.15) is 0 Å². The molecule has 0 saturated carbocycles. The number of rotatable bonds is 4. The normalized spacial score (nSPS) is 10.7. The molecule has 98 valence electrons. The third kappa shape index (κ3) is 3.38. The molecule has 2 rings (SSSR count). The Bertz CT molecular complexity index is 568. The number of ether oxygens (including phenoxy) is 2. The van der Waals surface area contributed by atoms with Crippen LogP contribution in [0.5, 0.6) is 11.5 Å². The molecule has 0 aromatic heterocycles. The first kappa shape index (κ1) is 13.2. The molecule has 2 aromatic carbocycles. The lowest BCUT2D eigenvalue weighted by Gasteiger charge is -2.07. The lowest BCUT2D eigenvalue weighted by Crippen LogP contribution is -1.90. The molecule has 2 aromatic rings. The molecule has 0 amide bonds. The molecule has 0 N–H and O–H groups in total. The van der Waals surface area contributed by atoms with E-state index in [0.29, 0.717) is 0 Å². The summed E-state index contributed by atoms with van der Waals surface area (Å²) < 4.78 is 10.5. The SMILES string of the molecule is COc1ccc(/C=C/c2ccc(C)cc2)cc1OC. The number of hydrogen-bond acceptors (Lipinski definition) is 2. The zero-order valence-electron chi connectivity index (χ0n) is 11.5. The zero-order valence-corrected chi connectivity index (χ0v) is 11.5. The molecule has 19 heavy (non-hydrogen) atoms. The van der Waals surface area contributed by atoms with Gasteiger partial charge in [-0.05, 0) is 30.2 Å². The summed E-state index contributed by atoms with van der Waals surface area (Å²) in [6, 6.07) is 14.3. The van der Waals surface area contributed by atoms with Crippen LogP contribution in [-0.4, -0.2) is 14.2 Å². The van der Waals surface area contributed by atoms with Crippen molar-refractivity contribution < 1.29 is 9.47 Å². The molecule has 0 unspecified atom stereocenters. The molecule has 0 atom stereocenters. The van der Waals surface area contributed by atoms with E-state index in [2.05, 4.69) is 43.3 Å². The monoisotopic (exact) mass is 254 g/mol. The van der Waals surface area contributed by atoms with Crippen molar-refractivity contribution in [2.45, 2.75) is 6.92 Å². The fourth-order valence-corrected chi connectivity index (χ4v) is 1.83. The Balaban J connectivity index is 2.21. The first-order chi connectivity index (χ1) is 9.22. The van der Waals surface area contributed by atoms with Crippen molar-refractivity contribution in [1.82, 2.24) is 0 Å². The van der Waals surface area contributed by atoms with Crippen molar-refractivity contribution in [1.29, 1.82) is 0 Å². The standard InChI is InChI=1S/C17H18O2/c1-13-4-6-14(7-5-13)8-9-15-10-11-16(18-2)17(12-15)19-3/h4-12H,1-3H3/b9-8+. The van der Waals surface area contributed by atoms with Crippen LogP contribution in [0.1, 0.15) is 16.7 Å². The predicted molar refractivity (Wildman–Crippen MR) is 79.7 cm³/mol. The summed E-state index contributed by atoms with van der Waals surface area (Å²) in [6.07, 6.45) is 4.15. The van der Waals surface area contributed by atoms with E-state index in [1.807, 2.05) is 18.2 Å². The van der Waals surface area contributed by atoms with Crippen molar-refractivity contribution in [3.05, 3.63) is 59.2 Å². The summed E-state index contributed by atoms with van der Waals surface area (Å²) in [5.74, 6) is 1.49. The molecule has 0 saturated heterocycles. The minimum atomic E-state index is 0.744. The third-order valence-electron chi connectivity index (χ3n) is 2.95. The number of aryl methyl sites for hydroxylation is 1. The quantitative estimate of drug-likeness (QED) is 0.762. The highest BCUT2D eigenvalue weighted by atomic mass is 16.5. The number of methoxy groups -OCH3 is 2. The van der Waals surface area contributed by atoms with E-state index in [1.165, 1.54) is 11.1 Å². The summed E-state index contributed by atoms with van der Waals surface area (Å²) in [5, 5.41) is 0. The van der Waals surface area contributed by atoms with Gasteiger partial charge in [0.05, 0.1) is 14.2 Å². The van der Waals surface area contributed by atoms with E-state index < -0.39 is 0 Å². The lowest BCUT2D eigenvalue weighted by molar-refractivity contribution is 0.355. The van der Waals surface area contributed by atoms with Crippen molar-refractivity contribution >= 4 is 12.2 Å². The van der Waals surface area contributed by atoms with E-state index >= 15 is 0 Å². The van der Waals surface area contributed by atoms with Crippen LogP contribution in [0.15, 0.2) is 42.5 Å². The van der Waals surface area contributed by atoms with Crippen LogP contribution in [0, 0.1) is 6.92 Å². The van der Waals surface area contributed by atoms with Crippen LogP contribution in [0.25, 0.3) is 12.2 Å². The first-order valence-corrected chi connectivity index (χ1v) is 6.19. The average molecular weight is 254 g/mol. The second kappa shape index (κ2) is 6.10. The van der Waals surface area contributed by atoms with Crippen molar-refractivity contribution in [3.63, 3.8) is 0 Å². The van der Waals surface area contributed by atoms with Crippen LogP contribution in [0.3, 0.4) is 0 Å². The molecule has 0 bridgehead atoms. The maximum absolute atomic E-state index is 5.29. The molecule has 0 aliphatic heterocycles. The summed E-state index contributed by atoms with van der Waals surface area (Å²) in [5.41, 5.74) is 3.53. The highest BCUT2D eigenvalue weighted by Gasteiger charge is 2.02. The van der Waals surface area contributed by atoms with Gasteiger partial charge in [0.15, 0.2) is 11.5 Å². The zero-order chi connectivity index (χ0) is 13.7. The van der Waals surface area contributed by atoms with Gasteiger partial charge in [0.25, 0.3) is 0 Å². The van der Waals surface area contributed by atoms with Gasteiger partial charge in [-0.15, -0.1) is 0 Å². The minimum Gasteiger partial charge on any atom is -0.493 e. The van der Waals surface area contributed by atoms with Crippen LogP contribution in [-0.2, 0) is 0 Å². The van der Waals surface area contributed by atoms with Gasteiger partial charge in [0.2, 0.25) is 0 Å². The fourth-order valence-electron chi connectivity index (χ4n) is 1.83. The highest BCUT2D eigenvalue weighted by molar-refractivity contribution is 5.71. The smallest absolute Gasteiger partial charge is 0.161 e. The molecule has 0 aliphatic rings. The molecule has 2 heteroatoms. The first-order valence-electron chi connectivity index (χ1n) is 6.19. The lowest BCUT2D eigenvalue weighted by atomic mass is 10.1. The van der Waals surface area contributed by atoms with Crippen molar-refractivity contribution in [2.75, 3.05) is 14.2 Å². The van der Waals surface area contributed by atoms with E-state index in [9.17, 15) is 0 Å². The van der Waals surface area contributed by atoms with Gasteiger partial charge >= 0.3 is 0 Å². The predicted octanol–water partition coefficient (Wildman–Crippen LogP) is 4.18. The topological polar surface area (TPSA) is 18.5 Å². The summed E-state index contributed by atoms with van der Waals surface area (Å²) in [4.78, 5) is 0. The Kier molecular flexibility index (Phi) is 4.24. The Morgan fingerprint density at radius 1 is 0.737 bits per heavy atom. The molecule has 0 spiro atoms. The van der Waals surface area contributed by atoms with E-state index in [0.717, 1.165) is 17.1 Å². The van der Waals surface area contributed by atoms with E-state index in [4.69, 9.17) is 9.47 Å². The van der Waals surface area contributed by atoms with Gasteiger partial charge in [0, 0.05) is 0 Å². The average Bonchev–Trinajstić information content (AvgIpc) is 2.46. The van der Waals surface area contributed by atoms with Crippen LogP contribution >= 0.6 is 0 Å². The molecular formula is C17H18O2. The maximum Gasteiger partial charge on any atom is 0.161 e. The van der Waals surface area contributed by atoms with Gasteiger partial charge in [-0.25, -0.2) is 0 Å². The fraction of sp³-hybridized carbons (Fsp3) is 0.176. The van der Waals surface area contributed by atoms with Gasteiger partial charge in [-0.3, -0.25) is 0 Å². The van der Waals surface area contributed by atoms with Crippen LogP contribution in [0.4, 0.5) is 0 Å². The molecule has 0 fully saturated rings. The Labute approximate surface area is 114 Å². The minimum absolute atomic E-state index is 0.744. The number of hydrogen-bond donors (Lipinski definition) is 0. The second-order valence-electron chi connectivity index (χ2n) is 4.36. The van der Waals surface area contributed by atoms with E-state index in [1.54, 1.807) is 14.2 Å². The Morgan fingerprint density at radius 3 is 1.95 bits per heavy atom. The molecule has 0 radical (unpaired) electrons. The summed E-state index contributed by atoms with van der Waals surface area (Å²) >= 11 is 0. The molecular weight excluding hydrogens is 236 g/mol. The van der Waals surface area contributed by atoms with E-state index in [-0.39, 0.29) is 0 Å². The van der Waals surface area contributed by atoms with Gasteiger partial charge in [-0.1, -0.05) is 48.0 Å². The molecule has 0 heterocycles. The molecule has 0 aliphatic carbocycles. The van der Waals surface area contributed by atoms with Crippen LogP contribution < -0.4 is 9.47 Å². The second-order valence-corrected chi connectivity index (χ2v) is 4.36. The van der Waals surface area contributed by atoms with Gasteiger partial charge < -0.3 is 9.47 Å². The highest BCUT2D eigenvalue weighted by Crippen LogP contribution is 2.28. The molecule has 2 nitrogen and oxygen atoms in total. The summed E-state index contributed by atoms with van der Waals surface area (Å²) in [7, 11) is 3.28. The summed E-state index contributed by atoms with van der Waals surface area (Å²) in [6.45, 7) is 2.09. The third-order valence-corrected chi connectivity index (χ3v) is 2.95.